The summed E-state index contributed by atoms with van der Waals surface area (Å²) in [6, 6.07) is 1.33. The van der Waals surface area contributed by atoms with Crippen molar-refractivity contribution in [2.45, 2.75) is 58.3 Å². The summed E-state index contributed by atoms with van der Waals surface area (Å²) in [5, 5.41) is 6.81. The second kappa shape index (κ2) is 5.94. The molecular weight excluding hydrogens is 230 g/mol. The zero-order chi connectivity index (χ0) is 12.3. The van der Waals surface area contributed by atoms with Gasteiger partial charge in [-0.25, -0.2) is 4.98 Å². The molecule has 0 bridgehead atoms. The van der Waals surface area contributed by atoms with Crippen LogP contribution in [0.15, 0.2) is 5.38 Å². The van der Waals surface area contributed by atoms with Crippen LogP contribution in [0.3, 0.4) is 0 Å². The lowest BCUT2D eigenvalue weighted by atomic mass is 9.92. The van der Waals surface area contributed by atoms with Gasteiger partial charge in [0.2, 0.25) is 0 Å². The van der Waals surface area contributed by atoms with Crippen LogP contribution in [0.2, 0.25) is 0 Å². The summed E-state index contributed by atoms with van der Waals surface area (Å²) in [6.07, 6.45) is 4.13. The second-order valence-corrected chi connectivity index (χ2v) is 6.21. The fraction of sp³-hybridized carbons (Fsp3) is 0.769. The lowest BCUT2D eigenvalue weighted by molar-refractivity contribution is 0.151. The Bertz CT molecular complexity index is 344. The number of hydrogen-bond acceptors (Lipinski definition) is 4. The van der Waals surface area contributed by atoms with Gasteiger partial charge in [0, 0.05) is 30.6 Å². The molecule has 4 heteroatoms. The van der Waals surface area contributed by atoms with Gasteiger partial charge in [0.05, 0.1) is 5.69 Å². The van der Waals surface area contributed by atoms with E-state index in [1.807, 2.05) is 0 Å². The van der Waals surface area contributed by atoms with E-state index >= 15 is 0 Å². The molecule has 0 aromatic carbocycles. The van der Waals surface area contributed by atoms with Gasteiger partial charge in [0.25, 0.3) is 0 Å². The van der Waals surface area contributed by atoms with Gasteiger partial charge >= 0.3 is 0 Å². The monoisotopic (exact) mass is 253 g/mol. The minimum absolute atomic E-state index is 0.528. The van der Waals surface area contributed by atoms with Gasteiger partial charge in [-0.05, 0) is 19.9 Å². The molecule has 0 spiro atoms. The van der Waals surface area contributed by atoms with Crippen molar-refractivity contribution >= 4 is 11.3 Å². The summed E-state index contributed by atoms with van der Waals surface area (Å²) in [4.78, 5) is 7.12. The Morgan fingerprint density at radius 3 is 2.88 bits per heavy atom. The van der Waals surface area contributed by atoms with E-state index in [9.17, 15) is 0 Å². The first-order chi connectivity index (χ1) is 8.15. The zero-order valence-corrected chi connectivity index (χ0v) is 11.9. The third kappa shape index (κ3) is 3.76. The van der Waals surface area contributed by atoms with Crippen LogP contribution in [0.5, 0.6) is 0 Å². The van der Waals surface area contributed by atoms with Crippen molar-refractivity contribution in [1.29, 1.82) is 0 Å². The second-order valence-electron chi connectivity index (χ2n) is 5.27. The summed E-state index contributed by atoms with van der Waals surface area (Å²) in [5.74, 6) is 0. The lowest BCUT2D eigenvalue weighted by Crippen LogP contribution is -2.36. The van der Waals surface area contributed by atoms with E-state index in [1.54, 1.807) is 11.3 Å². The molecule has 1 aromatic heterocycles. The van der Waals surface area contributed by atoms with Crippen molar-refractivity contribution in [1.82, 2.24) is 15.2 Å². The Labute approximate surface area is 108 Å². The molecule has 0 aliphatic heterocycles. The highest BCUT2D eigenvalue weighted by molar-refractivity contribution is 7.09. The predicted molar refractivity (Wildman–Crippen MR) is 73.2 cm³/mol. The van der Waals surface area contributed by atoms with Crippen LogP contribution < -0.4 is 5.32 Å². The smallest absolute Gasteiger partial charge is 0.107 e. The fourth-order valence-corrected chi connectivity index (χ4v) is 2.74. The molecule has 1 fully saturated rings. The maximum Gasteiger partial charge on any atom is 0.107 e. The Kier molecular flexibility index (Phi) is 4.54. The van der Waals surface area contributed by atoms with E-state index in [1.165, 1.54) is 30.0 Å². The van der Waals surface area contributed by atoms with Crippen LogP contribution in [0.4, 0.5) is 0 Å². The average molecular weight is 253 g/mol. The topological polar surface area (TPSA) is 28.2 Å². The molecular formula is C13H23N3S. The summed E-state index contributed by atoms with van der Waals surface area (Å²) in [6.45, 7) is 6.23. The number of thiazole rings is 1. The number of hydrogen-bond donors (Lipinski definition) is 1. The molecule has 1 N–H and O–H groups in total. The molecule has 1 aliphatic rings. The predicted octanol–water partition coefficient (Wildman–Crippen LogP) is 2.63. The first-order valence-corrected chi connectivity index (χ1v) is 7.40. The highest BCUT2D eigenvalue weighted by Crippen LogP contribution is 2.25. The first-order valence-electron chi connectivity index (χ1n) is 6.52. The van der Waals surface area contributed by atoms with E-state index in [0.29, 0.717) is 6.04 Å². The molecule has 96 valence electrons. The Balaban J connectivity index is 1.80. The molecule has 0 saturated heterocycles. The quantitative estimate of drug-likeness (QED) is 0.845. The highest BCUT2D eigenvalue weighted by Gasteiger charge is 2.22. The third-order valence-electron chi connectivity index (χ3n) is 3.37. The van der Waals surface area contributed by atoms with Gasteiger partial charge in [0.1, 0.15) is 5.01 Å². The van der Waals surface area contributed by atoms with E-state index in [4.69, 9.17) is 0 Å². The molecule has 1 aliphatic carbocycles. The number of rotatable bonds is 6. The van der Waals surface area contributed by atoms with Crippen molar-refractivity contribution in [2.75, 3.05) is 7.05 Å². The van der Waals surface area contributed by atoms with Crippen LogP contribution >= 0.6 is 11.3 Å². The lowest BCUT2D eigenvalue weighted by Gasteiger charge is -2.34. The Morgan fingerprint density at radius 2 is 2.29 bits per heavy atom. The maximum atomic E-state index is 4.68. The maximum absolute atomic E-state index is 4.68. The van der Waals surface area contributed by atoms with E-state index in [0.717, 1.165) is 19.1 Å². The van der Waals surface area contributed by atoms with E-state index < -0.39 is 0 Å². The minimum Gasteiger partial charge on any atom is -0.308 e. The van der Waals surface area contributed by atoms with Crippen LogP contribution in [0, 0.1) is 0 Å². The minimum atomic E-state index is 0.528. The fourth-order valence-electron chi connectivity index (χ4n) is 2.01. The molecule has 0 amide bonds. The molecule has 0 unspecified atom stereocenters. The number of aromatic nitrogens is 1. The van der Waals surface area contributed by atoms with Crippen molar-refractivity contribution < 1.29 is 0 Å². The van der Waals surface area contributed by atoms with Crippen LogP contribution in [0.1, 0.15) is 43.8 Å². The van der Waals surface area contributed by atoms with E-state index in [2.05, 4.69) is 41.5 Å². The zero-order valence-electron chi connectivity index (χ0n) is 11.1. The molecule has 1 saturated carbocycles. The van der Waals surface area contributed by atoms with Gasteiger partial charge in [-0.1, -0.05) is 20.3 Å². The number of nitrogens with zero attached hydrogens (tertiary/aromatic N) is 2. The van der Waals surface area contributed by atoms with Crippen LogP contribution in [-0.4, -0.2) is 29.0 Å². The van der Waals surface area contributed by atoms with Crippen molar-refractivity contribution in [2.24, 2.45) is 0 Å². The summed E-state index contributed by atoms with van der Waals surface area (Å²) < 4.78 is 0. The normalized spacial score (nSPS) is 16.8. The third-order valence-corrected chi connectivity index (χ3v) is 4.27. The highest BCUT2D eigenvalue weighted by atomic mass is 32.1. The molecule has 1 heterocycles. The Hall–Kier alpha value is -0.450. The van der Waals surface area contributed by atoms with Gasteiger partial charge in [-0.3, -0.25) is 4.90 Å². The van der Waals surface area contributed by atoms with Crippen LogP contribution in [-0.2, 0) is 13.1 Å². The standard InChI is InChI=1S/C13H23N3S/c1-10(2)14-7-13-15-11(9-17-13)8-16(3)12-5-4-6-12/h9-10,12,14H,4-8H2,1-3H3. The molecule has 17 heavy (non-hydrogen) atoms. The summed E-state index contributed by atoms with van der Waals surface area (Å²) in [7, 11) is 2.22. The molecule has 3 nitrogen and oxygen atoms in total. The van der Waals surface area contributed by atoms with Crippen molar-refractivity contribution in [3.05, 3.63) is 16.1 Å². The summed E-state index contributed by atoms with van der Waals surface area (Å²) >= 11 is 1.77. The van der Waals surface area contributed by atoms with Crippen molar-refractivity contribution in [3.63, 3.8) is 0 Å². The van der Waals surface area contributed by atoms with Gasteiger partial charge in [-0.15, -0.1) is 11.3 Å². The first kappa shape index (κ1) is 13.0. The molecule has 2 rings (SSSR count). The van der Waals surface area contributed by atoms with Gasteiger partial charge in [0.15, 0.2) is 0 Å². The average Bonchev–Trinajstić information content (AvgIpc) is 2.59. The summed E-state index contributed by atoms with van der Waals surface area (Å²) in [5.41, 5.74) is 1.23. The van der Waals surface area contributed by atoms with Crippen molar-refractivity contribution in [3.8, 4) is 0 Å². The largest absolute Gasteiger partial charge is 0.308 e. The SMILES string of the molecule is CC(C)NCc1nc(CN(C)C2CCC2)cs1. The van der Waals surface area contributed by atoms with Crippen LogP contribution in [0.25, 0.3) is 0 Å². The molecule has 0 radical (unpaired) electrons. The van der Waals surface area contributed by atoms with Gasteiger partial charge in [-0.2, -0.15) is 0 Å². The molecule has 0 atom stereocenters. The van der Waals surface area contributed by atoms with E-state index in [-0.39, 0.29) is 0 Å². The molecule has 1 aromatic rings. The van der Waals surface area contributed by atoms with Gasteiger partial charge < -0.3 is 5.32 Å². The number of nitrogens with one attached hydrogen (secondary N) is 1. The Morgan fingerprint density at radius 1 is 1.53 bits per heavy atom.